The zero-order valence-corrected chi connectivity index (χ0v) is 21.6. The van der Waals surface area contributed by atoms with Gasteiger partial charge in [-0.1, -0.05) is 54.4 Å². The summed E-state index contributed by atoms with van der Waals surface area (Å²) in [5.74, 6) is 1.57. The molecule has 0 saturated carbocycles. The van der Waals surface area contributed by atoms with E-state index in [9.17, 15) is 8.42 Å². The van der Waals surface area contributed by atoms with Crippen LogP contribution in [0.25, 0.3) is 0 Å². The highest BCUT2D eigenvalue weighted by atomic mass is 32.2. The number of sulfonamides is 1. The molecule has 5 rings (SSSR count). The summed E-state index contributed by atoms with van der Waals surface area (Å²) in [6, 6.07) is 22.4. The van der Waals surface area contributed by atoms with E-state index < -0.39 is 10.0 Å². The number of nitrogens with zero attached hydrogens (tertiary/aromatic N) is 2. The molecular formula is C29H34N2O4S. The molecule has 3 aromatic carbocycles. The van der Waals surface area contributed by atoms with Crippen LogP contribution in [0.2, 0.25) is 0 Å². The Kier molecular flexibility index (Phi) is 7.60. The second-order valence-corrected chi connectivity index (χ2v) is 11.6. The smallest absolute Gasteiger partial charge is 0.243 e. The number of aryl methyl sites for hydroxylation is 1. The fourth-order valence-corrected chi connectivity index (χ4v) is 6.46. The monoisotopic (exact) mass is 506 g/mol. The fraction of sp³-hybridized carbons (Fsp3) is 0.379. The predicted molar refractivity (Wildman–Crippen MR) is 141 cm³/mol. The third-order valence-corrected chi connectivity index (χ3v) is 8.93. The van der Waals surface area contributed by atoms with E-state index in [1.54, 1.807) is 16.4 Å². The van der Waals surface area contributed by atoms with Gasteiger partial charge in [0, 0.05) is 25.2 Å². The minimum atomic E-state index is -3.72. The second kappa shape index (κ2) is 11.0. The Hall–Kier alpha value is -2.87. The highest BCUT2D eigenvalue weighted by molar-refractivity contribution is 7.89. The highest BCUT2D eigenvalue weighted by Gasteiger charge is 2.35. The fourth-order valence-electron chi connectivity index (χ4n) is 4.88. The maximum Gasteiger partial charge on any atom is 0.243 e. The summed E-state index contributed by atoms with van der Waals surface area (Å²) in [6.45, 7) is 5.30. The molecule has 1 fully saturated rings. The number of ether oxygens (including phenoxy) is 2. The van der Waals surface area contributed by atoms with Crippen LogP contribution in [0.5, 0.6) is 11.5 Å². The topological polar surface area (TPSA) is 59.1 Å². The van der Waals surface area contributed by atoms with Crippen molar-refractivity contribution in [2.24, 2.45) is 0 Å². The molecule has 0 aliphatic carbocycles. The second-order valence-electron chi connectivity index (χ2n) is 9.74. The number of rotatable bonds is 7. The van der Waals surface area contributed by atoms with Crippen molar-refractivity contribution in [3.63, 3.8) is 0 Å². The summed E-state index contributed by atoms with van der Waals surface area (Å²) in [7, 11) is -3.72. The molecule has 3 aromatic rings. The van der Waals surface area contributed by atoms with Crippen molar-refractivity contribution in [3.8, 4) is 11.5 Å². The van der Waals surface area contributed by atoms with Crippen molar-refractivity contribution in [1.29, 1.82) is 0 Å². The Morgan fingerprint density at radius 3 is 2.39 bits per heavy atom. The molecule has 2 heterocycles. The molecule has 0 spiro atoms. The SMILES string of the molecule is Cc1ccc(S(=O)(=O)N2Cc3ccccc3OC[C@@H]2Cc2ccc(OCN3CCCCC3)cc2)cc1. The number of likely N-dealkylation sites (tertiary alicyclic amines) is 1. The molecule has 2 aliphatic rings. The lowest BCUT2D eigenvalue weighted by Gasteiger charge is -2.29. The quantitative estimate of drug-likeness (QED) is 0.451. The van der Waals surface area contributed by atoms with Gasteiger partial charge in [-0.2, -0.15) is 4.31 Å². The maximum atomic E-state index is 13.8. The molecule has 0 radical (unpaired) electrons. The van der Waals surface area contributed by atoms with Crippen LogP contribution in [-0.2, 0) is 23.0 Å². The lowest BCUT2D eigenvalue weighted by molar-refractivity contribution is 0.106. The molecular weight excluding hydrogens is 472 g/mol. The Balaban J connectivity index is 1.35. The zero-order chi connectivity index (χ0) is 25.0. The number of para-hydroxylation sites is 1. The molecule has 190 valence electrons. The molecule has 0 unspecified atom stereocenters. The first-order valence-electron chi connectivity index (χ1n) is 12.7. The van der Waals surface area contributed by atoms with E-state index in [2.05, 4.69) is 4.90 Å². The third kappa shape index (κ3) is 5.75. The Morgan fingerprint density at radius 1 is 0.917 bits per heavy atom. The first kappa shape index (κ1) is 24.8. The van der Waals surface area contributed by atoms with Crippen LogP contribution < -0.4 is 9.47 Å². The zero-order valence-electron chi connectivity index (χ0n) is 20.8. The summed E-state index contributed by atoms with van der Waals surface area (Å²) in [6.07, 6.45) is 4.32. The van der Waals surface area contributed by atoms with Gasteiger partial charge in [0.05, 0.1) is 10.9 Å². The van der Waals surface area contributed by atoms with E-state index >= 15 is 0 Å². The molecule has 0 bridgehead atoms. The van der Waals surface area contributed by atoms with Gasteiger partial charge in [-0.05, 0) is 62.1 Å². The van der Waals surface area contributed by atoms with Crippen molar-refractivity contribution in [1.82, 2.24) is 9.21 Å². The van der Waals surface area contributed by atoms with Crippen LogP contribution in [0.15, 0.2) is 77.7 Å². The Labute approximate surface area is 214 Å². The number of hydrogen-bond acceptors (Lipinski definition) is 5. The number of hydrogen-bond donors (Lipinski definition) is 0. The van der Waals surface area contributed by atoms with Crippen molar-refractivity contribution >= 4 is 10.0 Å². The van der Waals surface area contributed by atoms with Crippen LogP contribution in [0.1, 0.15) is 36.0 Å². The first-order chi connectivity index (χ1) is 17.5. The summed E-state index contributed by atoms with van der Waals surface area (Å²) >= 11 is 0. The van der Waals surface area contributed by atoms with Crippen LogP contribution in [0.3, 0.4) is 0 Å². The van der Waals surface area contributed by atoms with Gasteiger partial charge < -0.3 is 9.47 Å². The summed E-state index contributed by atoms with van der Waals surface area (Å²) in [5, 5.41) is 0. The highest BCUT2D eigenvalue weighted by Crippen LogP contribution is 2.31. The Bertz CT molecular complexity index is 1250. The van der Waals surface area contributed by atoms with Crippen molar-refractivity contribution < 1.29 is 17.9 Å². The first-order valence-corrected chi connectivity index (χ1v) is 14.2. The molecule has 7 heteroatoms. The summed E-state index contributed by atoms with van der Waals surface area (Å²) in [4.78, 5) is 2.64. The molecule has 0 N–H and O–H groups in total. The number of benzene rings is 3. The van der Waals surface area contributed by atoms with Gasteiger partial charge in [0.1, 0.15) is 24.8 Å². The lowest BCUT2D eigenvalue weighted by atomic mass is 10.1. The largest absolute Gasteiger partial charge is 0.492 e. The standard InChI is InChI=1S/C29H34N2O4S/c1-23-9-15-28(16-10-23)36(32,33)31-20-25-7-3-4-8-29(25)34-21-26(31)19-24-11-13-27(14-12-24)35-22-30-17-5-2-6-18-30/h3-4,7-16,26H,2,5-6,17-22H2,1H3/t26-/m0/s1. The molecule has 2 aliphatic heterocycles. The van der Waals surface area contributed by atoms with E-state index in [4.69, 9.17) is 9.47 Å². The van der Waals surface area contributed by atoms with Crippen molar-refractivity contribution in [3.05, 3.63) is 89.5 Å². The molecule has 1 atom stereocenters. The van der Waals surface area contributed by atoms with Gasteiger partial charge in [-0.3, -0.25) is 4.90 Å². The van der Waals surface area contributed by atoms with Gasteiger partial charge in [0.25, 0.3) is 0 Å². The van der Waals surface area contributed by atoms with Gasteiger partial charge in [-0.15, -0.1) is 0 Å². The van der Waals surface area contributed by atoms with Gasteiger partial charge in [0.15, 0.2) is 0 Å². The number of fused-ring (bicyclic) bond motifs is 1. The van der Waals surface area contributed by atoms with Gasteiger partial charge in [-0.25, -0.2) is 8.42 Å². The Morgan fingerprint density at radius 2 is 1.64 bits per heavy atom. The number of piperidine rings is 1. The lowest BCUT2D eigenvalue weighted by Crippen LogP contribution is -2.43. The minimum absolute atomic E-state index is 0.272. The minimum Gasteiger partial charge on any atom is -0.492 e. The van der Waals surface area contributed by atoms with E-state index in [1.165, 1.54) is 19.3 Å². The van der Waals surface area contributed by atoms with Crippen LogP contribution >= 0.6 is 0 Å². The van der Waals surface area contributed by atoms with E-state index in [1.807, 2.05) is 67.6 Å². The average molecular weight is 507 g/mol. The molecule has 1 saturated heterocycles. The molecule has 36 heavy (non-hydrogen) atoms. The summed E-state index contributed by atoms with van der Waals surface area (Å²) in [5.41, 5.74) is 2.94. The molecule has 6 nitrogen and oxygen atoms in total. The van der Waals surface area contributed by atoms with E-state index in [0.29, 0.717) is 18.0 Å². The predicted octanol–water partition coefficient (Wildman–Crippen LogP) is 5.01. The average Bonchev–Trinajstić information content (AvgIpc) is 3.09. The summed E-state index contributed by atoms with van der Waals surface area (Å²) < 4.78 is 41.3. The van der Waals surface area contributed by atoms with E-state index in [0.717, 1.165) is 41.3 Å². The normalized spacial score (nSPS) is 19.2. The van der Waals surface area contributed by atoms with Crippen molar-refractivity contribution in [2.75, 3.05) is 26.4 Å². The van der Waals surface area contributed by atoms with Crippen LogP contribution in [0.4, 0.5) is 0 Å². The molecule has 0 aromatic heterocycles. The third-order valence-electron chi connectivity index (χ3n) is 7.02. The van der Waals surface area contributed by atoms with Crippen LogP contribution in [-0.4, -0.2) is 50.1 Å². The van der Waals surface area contributed by atoms with Gasteiger partial charge in [0.2, 0.25) is 10.0 Å². The van der Waals surface area contributed by atoms with Crippen LogP contribution in [0, 0.1) is 6.92 Å². The van der Waals surface area contributed by atoms with Gasteiger partial charge >= 0.3 is 0 Å². The van der Waals surface area contributed by atoms with Crippen molar-refractivity contribution in [2.45, 2.75) is 50.1 Å². The maximum absolute atomic E-state index is 13.8. The molecule has 0 amide bonds. The van der Waals surface area contributed by atoms with E-state index in [-0.39, 0.29) is 19.2 Å².